The van der Waals surface area contributed by atoms with E-state index in [1.165, 1.54) is 18.4 Å². The molecule has 0 saturated carbocycles. The van der Waals surface area contributed by atoms with Crippen LogP contribution < -0.4 is 9.62 Å². The van der Waals surface area contributed by atoms with Crippen LogP contribution in [0.5, 0.6) is 0 Å². The van der Waals surface area contributed by atoms with Crippen molar-refractivity contribution < 1.29 is 17.6 Å². The van der Waals surface area contributed by atoms with Crippen molar-refractivity contribution in [2.24, 2.45) is 0 Å². The lowest BCUT2D eigenvalue weighted by Crippen LogP contribution is -2.49. The van der Waals surface area contributed by atoms with Crippen molar-refractivity contribution in [2.45, 2.75) is 11.4 Å². The first-order valence-electron chi connectivity index (χ1n) is 9.60. The van der Waals surface area contributed by atoms with Gasteiger partial charge in [0.1, 0.15) is 11.6 Å². The van der Waals surface area contributed by atoms with Crippen LogP contribution in [0.25, 0.3) is 0 Å². The largest absolute Gasteiger partial charge is 0.468 e. The van der Waals surface area contributed by atoms with Crippen molar-refractivity contribution in [3.05, 3.63) is 78.4 Å². The topological polar surface area (TPSA) is 95.7 Å². The highest BCUT2D eigenvalue weighted by atomic mass is 32.2. The van der Waals surface area contributed by atoms with E-state index in [2.05, 4.69) is 14.6 Å². The molecule has 0 bridgehead atoms. The SMILES string of the molecule is O=C(c1ccc(S(=O)(=O)NCc2ccco2)cc1)N1CCN(c2ccccn2)CC1. The summed E-state index contributed by atoms with van der Waals surface area (Å²) in [5.74, 6) is 1.32. The molecule has 0 atom stereocenters. The van der Waals surface area contributed by atoms with Crippen molar-refractivity contribution >= 4 is 21.7 Å². The first-order valence-corrected chi connectivity index (χ1v) is 11.1. The fourth-order valence-corrected chi connectivity index (χ4v) is 4.29. The van der Waals surface area contributed by atoms with Crippen LogP contribution in [0.2, 0.25) is 0 Å². The number of anilines is 1. The fourth-order valence-electron chi connectivity index (χ4n) is 3.30. The Morgan fingerprint density at radius 1 is 1.00 bits per heavy atom. The summed E-state index contributed by atoms with van der Waals surface area (Å²) in [6.45, 7) is 2.63. The first-order chi connectivity index (χ1) is 14.5. The molecule has 1 aliphatic heterocycles. The maximum absolute atomic E-state index is 12.8. The highest BCUT2D eigenvalue weighted by Crippen LogP contribution is 2.16. The maximum Gasteiger partial charge on any atom is 0.253 e. The number of pyridine rings is 1. The number of furan rings is 1. The van der Waals surface area contributed by atoms with Crippen LogP contribution >= 0.6 is 0 Å². The molecule has 1 amide bonds. The van der Waals surface area contributed by atoms with Gasteiger partial charge in [0.05, 0.1) is 17.7 Å². The van der Waals surface area contributed by atoms with Gasteiger partial charge in [0.15, 0.2) is 0 Å². The lowest BCUT2D eigenvalue weighted by Gasteiger charge is -2.35. The molecule has 4 rings (SSSR count). The number of piperazine rings is 1. The van der Waals surface area contributed by atoms with E-state index in [0.29, 0.717) is 37.5 Å². The van der Waals surface area contributed by atoms with Crippen LogP contribution in [0, 0.1) is 0 Å². The smallest absolute Gasteiger partial charge is 0.253 e. The molecule has 30 heavy (non-hydrogen) atoms. The average Bonchev–Trinajstić information content (AvgIpc) is 3.32. The highest BCUT2D eigenvalue weighted by Gasteiger charge is 2.23. The van der Waals surface area contributed by atoms with E-state index < -0.39 is 10.0 Å². The van der Waals surface area contributed by atoms with Crippen LogP contribution in [0.15, 0.2) is 76.4 Å². The number of sulfonamides is 1. The van der Waals surface area contributed by atoms with Crippen molar-refractivity contribution in [3.63, 3.8) is 0 Å². The summed E-state index contributed by atoms with van der Waals surface area (Å²) in [5.41, 5.74) is 0.464. The second-order valence-corrected chi connectivity index (χ2v) is 8.66. The molecule has 2 aromatic heterocycles. The molecule has 1 aliphatic rings. The van der Waals surface area contributed by atoms with Crippen LogP contribution in [-0.4, -0.2) is 50.4 Å². The molecule has 0 radical (unpaired) electrons. The van der Waals surface area contributed by atoms with Gasteiger partial charge in [-0.05, 0) is 48.5 Å². The predicted octanol–water partition coefficient (Wildman–Crippen LogP) is 2.12. The summed E-state index contributed by atoms with van der Waals surface area (Å²) in [6.07, 6.45) is 3.24. The van der Waals surface area contributed by atoms with Crippen molar-refractivity contribution in [3.8, 4) is 0 Å². The van der Waals surface area contributed by atoms with Gasteiger partial charge in [0.25, 0.3) is 5.91 Å². The number of rotatable bonds is 6. The van der Waals surface area contributed by atoms with Gasteiger partial charge < -0.3 is 14.2 Å². The van der Waals surface area contributed by atoms with E-state index in [4.69, 9.17) is 4.42 Å². The minimum absolute atomic E-state index is 0.0660. The van der Waals surface area contributed by atoms with Gasteiger partial charge in [-0.25, -0.2) is 18.1 Å². The second kappa shape index (κ2) is 8.68. The Hall–Kier alpha value is -3.17. The number of nitrogens with zero attached hydrogens (tertiary/aromatic N) is 3. The quantitative estimate of drug-likeness (QED) is 0.649. The van der Waals surface area contributed by atoms with Gasteiger partial charge in [-0.1, -0.05) is 6.07 Å². The molecule has 0 unspecified atom stereocenters. The Kier molecular flexibility index (Phi) is 5.82. The molecule has 3 heterocycles. The van der Waals surface area contributed by atoms with Gasteiger partial charge >= 0.3 is 0 Å². The molecule has 0 aliphatic carbocycles. The number of hydrogen-bond donors (Lipinski definition) is 1. The van der Waals surface area contributed by atoms with Crippen molar-refractivity contribution in [2.75, 3.05) is 31.1 Å². The Morgan fingerprint density at radius 2 is 1.77 bits per heavy atom. The lowest BCUT2D eigenvalue weighted by atomic mass is 10.2. The maximum atomic E-state index is 12.8. The molecule has 1 fully saturated rings. The van der Waals surface area contributed by atoms with Gasteiger partial charge in [0, 0.05) is 37.9 Å². The molecule has 1 aromatic carbocycles. The molecule has 3 aromatic rings. The number of benzene rings is 1. The minimum Gasteiger partial charge on any atom is -0.468 e. The summed E-state index contributed by atoms with van der Waals surface area (Å²) >= 11 is 0. The van der Waals surface area contributed by atoms with E-state index in [1.807, 2.05) is 18.2 Å². The van der Waals surface area contributed by atoms with E-state index in [0.717, 1.165) is 5.82 Å². The monoisotopic (exact) mass is 426 g/mol. The van der Waals surface area contributed by atoms with Crippen LogP contribution in [0.4, 0.5) is 5.82 Å². The standard InChI is InChI=1S/C21H22N4O4S/c26-21(25-13-11-24(12-14-25)20-5-1-2-10-22-20)17-6-8-19(9-7-17)30(27,28)23-16-18-4-3-15-29-18/h1-10,15,23H,11-14,16H2. The van der Waals surface area contributed by atoms with Gasteiger partial charge in [0.2, 0.25) is 10.0 Å². The predicted molar refractivity (Wildman–Crippen MR) is 112 cm³/mol. The molecular formula is C21H22N4O4S. The summed E-state index contributed by atoms with van der Waals surface area (Å²) in [7, 11) is -3.69. The zero-order chi connectivity index (χ0) is 21.0. The van der Waals surface area contributed by atoms with E-state index >= 15 is 0 Å². The fraction of sp³-hybridized carbons (Fsp3) is 0.238. The molecule has 1 N–H and O–H groups in total. The first kappa shape index (κ1) is 20.1. The summed E-state index contributed by atoms with van der Waals surface area (Å²) in [4.78, 5) is 21.2. The Labute approximate surface area is 175 Å². The number of hydrogen-bond acceptors (Lipinski definition) is 6. The molecule has 9 heteroatoms. The average molecular weight is 426 g/mol. The third-order valence-corrected chi connectivity index (χ3v) is 6.39. The molecular weight excluding hydrogens is 404 g/mol. The normalized spacial score (nSPS) is 14.7. The Balaban J connectivity index is 1.36. The van der Waals surface area contributed by atoms with E-state index in [1.54, 1.807) is 35.4 Å². The number of aromatic nitrogens is 1. The number of amides is 1. The number of carbonyl (C=O) groups excluding carboxylic acids is 1. The summed E-state index contributed by atoms with van der Waals surface area (Å²) < 4.78 is 32.5. The highest BCUT2D eigenvalue weighted by molar-refractivity contribution is 7.89. The summed E-state index contributed by atoms with van der Waals surface area (Å²) in [5, 5.41) is 0. The second-order valence-electron chi connectivity index (χ2n) is 6.90. The Bertz CT molecular complexity index is 1080. The van der Waals surface area contributed by atoms with Gasteiger partial charge in [-0.2, -0.15) is 0 Å². The molecule has 8 nitrogen and oxygen atoms in total. The van der Waals surface area contributed by atoms with Crippen molar-refractivity contribution in [1.82, 2.24) is 14.6 Å². The molecule has 1 saturated heterocycles. The van der Waals surface area contributed by atoms with Crippen LogP contribution in [0.1, 0.15) is 16.1 Å². The number of nitrogens with one attached hydrogen (secondary N) is 1. The molecule has 156 valence electrons. The Morgan fingerprint density at radius 3 is 2.40 bits per heavy atom. The van der Waals surface area contributed by atoms with Crippen molar-refractivity contribution in [1.29, 1.82) is 0 Å². The third kappa shape index (κ3) is 4.52. The minimum atomic E-state index is -3.69. The van der Waals surface area contributed by atoms with Gasteiger partial charge in [-0.3, -0.25) is 4.79 Å². The van der Waals surface area contributed by atoms with E-state index in [9.17, 15) is 13.2 Å². The number of carbonyl (C=O) groups is 1. The zero-order valence-corrected chi connectivity index (χ0v) is 17.1. The third-order valence-electron chi connectivity index (χ3n) is 4.97. The zero-order valence-electron chi connectivity index (χ0n) is 16.3. The van der Waals surface area contributed by atoms with Crippen LogP contribution in [0.3, 0.4) is 0 Å². The van der Waals surface area contributed by atoms with Crippen LogP contribution in [-0.2, 0) is 16.6 Å². The molecule has 0 spiro atoms. The van der Waals surface area contributed by atoms with E-state index in [-0.39, 0.29) is 17.3 Å². The van der Waals surface area contributed by atoms with Gasteiger partial charge in [-0.15, -0.1) is 0 Å². The lowest BCUT2D eigenvalue weighted by molar-refractivity contribution is 0.0746. The summed E-state index contributed by atoms with van der Waals surface area (Å²) in [6, 6.07) is 15.2.